The Labute approximate surface area is 108 Å². The third kappa shape index (κ3) is 2.78. The summed E-state index contributed by atoms with van der Waals surface area (Å²) in [5, 5.41) is 9.83. The predicted molar refractivity (Wildman–Crippen MR) is 66.3 cm³/mol. The van der Waals surface area contributed by atoms with Crippen molar-refractivity contribution in [2.45, 2.75) is 70.4 Å². The maximum atomic E-state index is 12.2. The van der Waals surface area contributed by atoms with Crippen LogP contribution in [0.15, 0.2) is 0 Å². The zero-order valence-electron chi connectivity index (χ0n) is 11.5. The highest BCUT2D eigenvalue weighted by Crippen LogP contribution is 2.32. The summed E-state index contributed by atoms with van der Waals surface area (Å²) in [6.07, 6.45) is 0.452. The molecule has 0 aromatic rings. The first kappa shape index (κ1) is 13.6. The Morgan fingerprint density at radius 1 is 1.39 bits per heavy atom. The number of aliphatic hydroxyl groups excluding tert-OH is 1. The van der Waals surface area contributed by atoms with Gasteiger partial charge < -0.3 is 14.6 Å². The minimum absolute atomic E-state index is 0.0521. The lowest BCUT2D eigenvalue weighted by molar-refractivity contribution is -0.135. The molecule has 0 unspecified atom stereocenters. The smallest absolute Gasteiger partial charge is 0.410 e. The van der Waals surface area contributed by atoms with Crippen molar-refractivity contribution >= 4 is 6.09 Å². The van der Waals surface area contributed by atoms with Crippen LogP contribution in [-0.4, -0.2) is 52.6 Å². The minimum Gasteiger partial charge on any atom is -0.444 e. The number of hydrogen-bond donors (Lipinski definition) is 1. The van der Waals surface area contributed by atoms with Crippen molar-refractivity contribution in [3.05, 3.63) is 0 Å². The number of hydrogen-bond acceptors (Lipinski definition) is 4. The third-order valence-electron chi connectivity index (χ3n) is 3.51. The number of ether oxygens (including phenoxy) is 2. The lowest BCUT2D eigenvalue weighted by atomic mass is 9.89. The normalized spacial score (nSPS) is 36.4. The Balaban J connectivity index is 2.13. The Kier molecular flexibility index (Phi) is 3.56. The highest BCUT2D eigenvalue weighted by Gasteiger charge is 2.45. The van der Waals surface area contributed by atoms with Gasteiger partial charge in [-0.1, -0.05) is 0 Å². The molecular formula is C13H23NO4. The van der Waals surface area contributed by atoms with Gasteiger partial charge in [0.1, 0.15) is 5.60 Å². The molecule has 2 aliphatic heterocycles. The van der Waals surface area contributed by atoms with Crippen LogP contribution in [0.5, 0.6) is 0 Å². The summed E-state index contributed by atoms with van der Waals surface area (Å²) in [5.74, 6) is 0. The van der Waals surface area contributed by atoms with E-state index in [0.29, 0.717) is 19.4 Å². The highest BCUT2D eigenvalue weighted by atomic mass is 16.6. The first-order valence-electron chi connectivity index (χ1n) is 6.59. The summed E-state index contributed by atoms with van der Waals surface area (Å²) in [6, 6.07) is -0.146. The molecule has 1 amide bonds. The summed E-state index contributed by atoms with van der Waals surface area (Å²) in [5.41, 5.74) is -0.495. The summed E-state index contributed by atoms with van der Waals surface area (Å²) in [6.45, 7) is 8.00. The predicted octanol–water partition coefficient (Wildman–Crippen LogP) is 1.53. The molecule has 0 aromatic heterocycles. The average Bonchev–Trinajstić information content (AvgIpc) is 2.20. The van der Waals surface area contributed by atoms with Crippen LogP contribution in [0.25, 0.3) is 0 Å². The number of fused-ring (bicyclic) bond motifs is 2. The maximum absolute atomic E-state index is 12.2. The number of aliphatic hydroxyl groups is 1. The van der Waals surface area contributed by atoms with Crippen molar-refractivity contribution in [2.75, 3.05) is 6.61 Å². The molecule has 2 rings (SSSR count). The molecule has 18 heavy (non-hydrogen) atoms. The van der Waals surface area contributed by atoms with Gasteiger partial charge in [-0.15, -0.1) is 0 Å². The van der Waals surface area contributed by atoms with Crippen LogP contribution in [0.4, 0.5) is 4.79 Å². The molecule has 2 saturated heterocycles. The average molecular weight is 257 g/mol. The third-order valence-corrected chi connectivity index (χ3v) is 3.51. The fourth-order valence-electron chi connectivity index (χ4n) is 2.73. The molecule has 0 aromatic carbocycles. The number of piperidine rings is 1. The SMILES string of the molecule is C[C@@H]1OC[C@H]2C[C@@H](O)C[C@@H]1N2C(=O)OC(C)(C)C. The fourth-order valence-corrected chi connectivity index (χ4v) is 2.73. The number of morpholine rings is 1. The Hall–Kier alpha value is -0.810. The van der Waals surface area contributed by atoms with E-state index in [2.05, 4.69) is 0 Å². The molecule has 5 heteroatoms. The van der Waals surface area contributed by atoms with Crippen molar-refractivity contribution in [1.82, 2.24) is 4.90 Å². The van der Waals surface area contributed by atoms with Gasteiger partial charge in [0.25, 0.3) is 0 Å². The lowest BCUT2D eigenvalue weighted by Crippen LogP contribution is -2.63. The van der Waals surface area contributed by atoms with E-state index in [4.69, 9.17) is 9.47 Å². The van der Waals surface area contributed by atoms with E-state index in [1.165, 1.54) is 0 Å². The first-order chi connectivity index (χ1) is 8.28. The van der Waals surface area contributed by atoms with Crippen LogP contribution in [0.2, 0.25) is 0 Å². The second-order valence-corrected chi connectivity index (χ2v) is 6.27. The van der Waals surface area contributed by atoms with E-state index in [0.717, 1.165) is 0 Å². The van der Waals surface area contributed by atoms with Gasteiger partial charge in [0, 0.05) is 0 Å². The second-order valence-electron chi connectivity index (χ2n) is 6.27. The molecule has 0 spiro atoms. The second kappa shape index (κ2) is 4.70. The number of carbonyl (C=O) groups is 1. The maximum Gasteiger partial charge on any atom is 0.410 e. The number of rotatable bonds is 0. The lowest BCUT2D eigenvalue weighted by Gasteiger charge is -2.49. The molecule has 2 heterocycles. The van der Waals surface area contributed by atoms with E-state index in [1.807, 2.05) is 27.7 Å². The standard InChI is InChI=1S/C13H23NO4/c1-8-11-6-10(15)5-9(7-17-8)14(11)12(16)18-13(2,3)4/h8-11,15H,5-7H2,1-4H3/t8-,9+,10+,11-/m0/s1. The molecule has 4 atom stereocenters. The van der Waals surface area contributed by atoms with Crippen LogP contribution < -0.4 is 0 Å². The van der Waals surface area contributed by atoms with Crippen molar-refractivity contribution in [1.29, 1.82) is 0 Å². The quantitative estimate of drug-likeness (QED) is 0.715. The zero-order valence-corrected chi connectivity index (χ0v) is 11.5. The summed E-state index contributed by atoms with van der Waals surface area (Å²) in [7, 11) is 0. The summed E-state index contributed by atoms with van der Waals surface area (Å²) >= 11 is 0. The summed E-state index contributed by atoms with van der Waals surface area (Å²) in [4.78, 5) is 14.0. The van der Waals surface area contributed by atoms with Gasteiger partial charge in [-0.25, -0.2) is 4.79 Å². The van der Waals surface area contributed by atoms with E-state index in [9.17, 15) is 9.90 Å². The Morgan fingerprint density at radius 3 is 2.67 bits per heavy atom. The van der Waals surface area contributed by atoms with Crippen molar-refractivity contribution in [3.63, 3.8) is 0 Å². The summed E-state index contributed by atoms with van der Waals surface area (Å²) < 4.78 is 11.1. The van der Waals surface area contributed by atoms with Crippen LogP contribution in [0.3, 0.4) is 0 Å². The monoisotopic (exact) mass is 257 g/mol. The van der Waals surface area contributed by atoms with Gasteiger partial charge in [0.2, 0.25) is 0 Å². The van der Waals surface area contributed by atoms with E-state index >= 15 is 0 Å². The van der Waals surface area contributed by atoms with Crippen molar-refractivity contribution < 1.29 is 19.4 Å². The van der Waals surface area contributed by atoms with Crippen LogP contribution in [0, 0.1) is 0 Å². The molecule has 5 nitrogen and oxygen atoms in total. The zero-order chi connectivity index (χ0) is 13.5. The van der Waals surface area contributed by atoms with Crippen LogP contribution in [0.1, 0.15) is 40.5 Å². The molecule has 0 saturated carbocycles. The van der Waals surface area contributed by atoms with Crippen molar-refractivity contribution in [3.8, 4) is 0 Å². The highest BCUT2D eigenvalue weighted by molar-refractivity contribution is 5.69. The minimum atomic E-state index is -0.495. The molecule has 2 bridgehead atoms. The van der Waals surface area contributed by atoms with Gasteiger partial charge in [0.05, 0.1) is 30.9 Å². The number of amides is 1. The van der Waals surface area contributed by atoms with Gasteiger partial charge in [-0.05, 0) is 40.5 Å². The van der Waals surface area contributed by atoms with Crippen molar-refractivity contribution in [2.24, 2.45) is 0 Å². The van der Waals surface area contributed by atoms with Gasteiger partial charge in [-0.2, -0.15) is 0 Å². The van der Waals surface area contributed by atoms with Gasteiger partial charge in [0.15, 0.2) is 0 Å². The Morgan fingerprint density at radius 2 is 2.06 bits per heavy atom. The van der Waals surface area contributed by atoms with E-state index < -0.39 is 5.60 Å². The fraction of sp³-hybridized carbons (Fsp3) is 0.923. The van der Waals surface area contributed by atoms with Crippen LogP contribution in [-0.2, 0) is 9.47 Å². The molecule has 104 valence electrons. The largest absolute Gasteiger partial charge is 0.444 e. The van der Waals surface area contributed by atoms with Gasteiger partial charge >= 0.3 is 6.09 Å². The Bertz CT molecular complexity index is 325. The number of carbonyl (C=O) groups excluding carboxylic acids is 1. The van der Waals surface area contributed by atoms with E-state index in [1.54, 1.807) is 4.90 Å². The first-order valence-corrected chi connectivity index (χ1v) is 6.59. The van der Waals surface area contributed by atoms with Gasteiger partial charge in [-0.3, -0.25) is 4.90 Å². The molecule has 0 aliphatic carbocycles. The number of nitrogens with zero attached hydrogens (tertiary/aromatic N) is 1. The topological polar surface area (TPSA) is 59.0 Å². The van der Waals surface area contributed by atoms with Crippen LogP contribution >= 0.6 is 0 Å². The van der Waals surface area contributed by atoms with E-state index in [-0.39, 0.29) is 30.4 Å². The molecular weight excluding hydrogens is 234 g/mol. The molecule has 0 radical (unpaired) electrons. The molecule has 2 aliphatic rings. The molecule has 2 fully saturated rings. The molecule has 1 N–H and O–H groups in total.